The molecule has 0 saturated heterocycles. The van der Waals surface area contributed by atoms with Crippen LogP contribution in [0.15, 0.2) is 0 Å². The first kappa shape index (κ1) is 29.4. The van der Waals surface area contributed by atoms with Crippen molar-refractivity contribution < 1.29 is 19.1 Å². The molecule has 4 nitrogen and oxygen atoms in total. The molecule has 0 aliphatic carbocycles. The number of hydrogen-bond acceptors (Lipinski definition) is 3. The molecule has 0 aliphatic heterocycles. The number of nitrogens with zero attached hydrogens (tertiary/aromatic N) is 1. The van der Waals surface area contributed by atoms with Gasteiger partial charge in [0, 0.05) is 0 Å². The van der Waals surface area contributed by atoms with E-state index in [2.05, 4.69) is 21.0 Å². The molecule has 0 unspecified atom stereocenters. The number of aliphatic hydroxyl groups excluding tert-OH is 1. The monoisotopic (exact) mass is 428 g/mol. The fraction of sp³-hybridized carbons (Fsp3) is 0.962. The summed E-state index contributed by atoms with van der Waals surface area (Å²) in [5.41, 5.74) is 0. The Morgan fingerprint density at radius 2 is 1.03 bits per heavy atom. The standard InChI is InChI=1S/C26H54NO3/c1-4-5-6-7-8-9-10-11-12-13-14-15-16-17-18-19-20-21-22-27(2,3)25-26(29)30-24-23-28/h28H,4-25H2,1-3H3/q+1. The minimum absolute atomic E-state index is 0.0988. The summed E-state index contributed by atoms with van der Waals surface area (Å²) in [6.45, 7) is 3.69. The number of carbonyl (C=O) groups is 1. The molecular weight excluding hydrogens is 374 g/mol. The van der Waals surface area contributed by atoms with Crippen molar-refractivity contribution in [2.24, 2.45) is 0 Å². The second-order valence-electron chi connectivity index (χ2n) is 9.77. The Labute approximate surface area is 188 Å². The molecule has 0 saturated carbocycles. The summed E-state index contributed by atoms with van der Waals surface area (Å²) in [6.07, 6.45) is 25.0. The lowest BCUT2D eigenvalue weighted by atomic mass is 10.0. The minimum Gasteiger partial charge on any atom is -0.459 e. The summed E-state index contributed by atoms with van der Waals surface area (Å²) in [6, 6.07) is 0. The Kier molecular flexibility index (Phi) is 21.2. The first-order valence-corrected chi connectivity index (χ1v) is 13.1. The summed E-state index contributed by atoms with van der Waals surface area (Å²) >= 11 is 0. The number of aliphatic hydroxyl groups is 1. The average Bonchev–Trinajstić information content (AvgIpc) is 2.71. The quantitative estimate of drug-likeness (QED) is 0.113. The van der Waals surface area contributed by atoms with Gasteiger partial charge in [0.1, 0.15) is 6.61 Å². The highest BCUT2D eigenvalue weighted by atomic mass is 16.5. The third-order valence-electron chi connectivity index (χ3n) is 6.03. The summed E-state index contributed by atoms with van der Waals surface area (Å²) in [7, 11) is 4.15. The van der Waals surface area contributed by atoms with Gasteiger partial charge in [-0.2, -0.15) is 0 Å². The van der Waals surface area contributed by atoms with Crippen LogP contribution in [0.5, 0.6) is 0 Å². The third-order valence-corrected chi connectivity index (χ3v) is 6.03. The van der Waals surface area contributed by atoms with Gasteiger partial charge < -0.3 is 14.3 Å². The van der Waals surface area contributed by atoms with Crippen molar-refractivity contribution in [3.8, 4) is 0 Å². The van der Waals surface area contributed by atoms with Gasteiger partial charge in [-0.3, -0.25) is 0 Å². The number of carbonyl (C=O) groups excluding carboxylic acids is 1. The minimum atomic E-state index is -0.212. The number of unbranched alkanes of at least 4 members (excludes halogenated alkanes) is 17. The van der Waals surface area contributed by atoms with Crippen LogP contribution in [0.1, 0.15) is 122 Å². The predicted octanol–water partition coefficient (Wildman–Crippen LogP) is 6.64. The highest BCUT2D eigenvalue weighted by molar-refractivity contribution is 5.70. The normalized spacial score (nSPS) is 11.7. The molecule has 0 spiro atoms. The van der Waals surface area contributed by atoms with Gasteiger partial charge in [-0.05, 0) is 12.8 Å². The van der Waals surface area contributed by atoms with Crippen LogP contribution < -0.4 is 0 Å². The van der Waals surface area contributed by atoms with Crippen molar-refractivity contribution in [2.75, 3.05) is 40.4 Å². The molecule has 0 atom stereocenters. The third kappa shape index (κ3) is 22.1. The van der Waals surface area contributed by atoms with Gasteiger partial charge in [0.15, 0.2) is 6.54 Å². The molecule has 0 aromatic carbocycles. The zero-order valence-electron chi connectivity index (χ0n) is 20.8. The van der Waals surface area contributed by atoms with E-state index in [1.165, 1.54) is 116 Å². The molecule has 0 aliphatic rings. The number of ether oxygens (including phenoxy) is 1. The first-order chi connectivity index (χ1) is 14.5. The van der Waals surface area contributed by atoms with Crippen molar-refractivity contribution in [3.63, 3.8) is 0 Å². The Morgan fingerprint density at radius 3 is 1.40 bits per heavy atom. The average molecular weight is 429 g/mol. The maximum absolute atomic E-state index is 11.7. The van der Waals surface area contributed by atoms with Crippen LogP contribution in [-0.4, -0.2) is 56.0 Å². The van der Waals surface area contributed by atoms with E-state index in [1.54, 1.807) is 0 Å². The number of quaternary nitrogens is 1. The Bertz CT molecular complexity index is 371. The molecule has 0 aromatic heterocycles. The van der Waals surface area contributed by atoms with Gasteiger partial charge in [0.2, 0.25) is 0 Å². The maximum atomic E-state index is 11.7. The molecule has 0 bridgehead atoms. The zero-order chi connectivity index (χ0) is 22.3. The highest BCUT2D eigenvalue weighted by Gasteiger charge is 2.20. The van der Waals surface area contributed by atoms with Crippen LogP contribution in [0.2, 0.25) is 0 Å². The number of rotatable bonds is 23. The Hall–Kier alpha value is -0.610. The predicted molar refractivity (Wildman–Crippen MR) is 129 cm³/mol. The van der Waals surface area contributed by atoms with Crippen LogP contribution in [0.4, 0.5) is 0 Å². The summed E-state index contributed by atoms with van der Waals surface area (Å²) < 4.78 is 5.63. The lowest BCUT2D eigenvalue weighted by Crippen LogP contribution is -2.45. The molecule has 0 fully saturated rings. The Balaban J connectivity index is 3.28. The van der Waals surface area contributed by atoms with Gasteiger partial charge >= 0.3 is 5.97 Å². The molecule has 180 valence electrons. The van der Waals surface area contributed by atoms with E-state index < -0.39 is 0 Å². The summed E-state index contributed by atoms with van der Waals surface area (Å²) in [5.74, 6) is -0.212. The molecular formula is C26H54NO3+. The van der Waals surface area contributed by atoms with Crippen LogP contribution in [0.25, 0.3) is 0 Å². The summed E-state index contributed by atoms with van der Waals surface area (Å²) in [5, 5.41) is 8.70. The molecule has 0 aromatic rings. The van der Waals surface area contributed by atoms with Gasteiger partial charge in [-0.15, -0.1) is 0 Å². The summed E-state index contributed by atoms with van der Waals surface area (Å²) in [4.78, 5) is 11.7. The van der Waals surface area contributed by atoms with E-state index in [0.717, 1.165) is 6.54 Å². The van der Waals surface area contributed by atoms with Crippen molar-refractivity contribution in [1.29, 1.82) is 0 Å². The van der Waals surface area contributed by atoms with Crippen LogP contribution in [0.3, 0.4) is 0 Å². The van der Waals surface area contributed by atoms with E-state index in [4.69, 9.17) is 9.84 Å². The van der Waals surface area contributed by atoms with Crippen LogP contribution in [-0.2, 0) is 9.53 Å². The number of esters is 1. The molecule has 4 heteroatoms. The lowest BCUT2D eigenvalue weighted by Gasteiger charge is -2.28. The largest absolute Gasteiger partial charge is 0.459 e. The number of likely N-dealkylation sites (N-methyl/N-ethyl adjacent to an activating group) is 1. The fourth-order valence-electron chi connectivity index (χ4n) is 4.08. The second-order valence-corrected chi connectivity index (χ2v) is 9.77. The van der Waals surface area contributed by atoms with E-state index in [0.29, 0.717) is 11.0 Å². The van der Waals surface area contributed by atoms with E-state index in [-0.39, 0.29) is 19.2 Å². The Morgan fingerprint density at radius 1 is 0.667 bits per heavy atom. The topological polar surface area (TPSA) is 46.5 Å². The van der Waals surface area contributed by atoms with E-state index in [1.807, 2.05) is 0 Å². The molecule has 0 heterocycles. The molecule has 0 radical (unpaired) electrons. The van der Waals surface area contributed by atoms with Crippen molar-refractivity contribution in [2.45, 2.75) is 122 Å². The van der Waals surface area contributed by atoms with Crippen molar-refractivity contribution in [3.05, 3.63) is 0 Å². The molecule has 0 rings (SSSR count). The smallest absolute Gasteiger partial charge is 0.361 e. The second kappa shape index (κ2) is 21.6. The van der Waals surface area contributed by atoms with Crippen LogP contribution in [0, 0.1) is 0 Å². The SMILES string of the molecule is CCCCCCCCCCCCCCCCCCCC[N+](C)(C)CC(=O)OCCO. The fourth-order valence-corrected chi connectivity index (χ4v) is 4.08. The lowest BCUT2D eigenvalue weighted by molar-refractivity contribution is -0.883. The molecule has 30 heavy (non-hydrogen) atoms. The van der Waals surface area contributed by atoms with Gasteiger partial charge in [0.05, 0.1) is 27.2 Å². The van der Waals surface area contributed by atoms with Gasteiger partial charge in [-0.25, -0.2) is 4.79 Å². The molecule has 1 N–H and O–H groups in total. The number of hydrogen-bond donors (Lipinski definition) is 1. The van der Waals surface area contributed by atoms with Crippen molar-refractivity contribution >= 4 is 5.97 Å². The van der Waals surface area contributed by atoms with E-state index >= 15 is 0 Å². The van der Waals surface area contributed by atoms with Crippen molar-refractivity contribution in [1.82, 2.24) is 0 Å². The van der Waals surface area contributed by atoms with E-state index in [9.17, 15) is 4.79 Å². The zero-order valence-corrected chi connectivity index (χ0v) is 20.8. The van der Waals surface area contributed by atoms with Gasteiger partial charge in [0.25, 0.3) is 0 Å². The van der Waals surface area contributed by atoms with Crippen LogP contribution >= 0.6 is 0 Å². The van der Waals surface area contributed by atoms with Gasteiger partial charge in [-0.1, -0.05) is 110 Å². The first-order valence-electron chi connectivity index (χ1n) is 13.1. The maximum Gasteiger partial charge on any atom is 0.361 e. The molecule has 0 amide bonds. The highest BCUT2D eigenvalue weighted by Crippen LogP contribution is 2.14.